The van der Waals surface area contributed by atoms with E-state index in [1.807, 2.05) is 27.7 Å². The average Bonchev–Trinajstić information content (AvgIpc) is 2.58. The van der Waals surface area contributed by atoms with E-state index in [0.717, 1.165) is 6.07 Å². The largest absolute Gasteiger partial charge is 0.357 e. The summed E-state index contributed by atoms with van der Waals surface area (Å²) in [5, 5.41) is 9.07. The summed E-state index contributed by atoms with van der Waals surface area (Å²) < 4.78 is 26.3. The summed E-state index contributed by atoms with van der Waals surface area (Å²) in [6.45, 7) is 9.72. The van der Waals surface area contributed by atoms with Crippen molar-refractivity contribution in [2.45, 2.75) is 33.6 Å². The Morgan fingerprint density at radius 3 is 2.36 bits per heavy atom. The molecule has 0 fully saturated rings. The van der Waals surface area contributed by atoms with Gasteiger partial charge in [-0.25, -0.2) is 8.78 Å². The van der Waals surface area contributed by atoms with E-state index < -0.39 is 11.6 Å². The Morgan fingerprint density at radius 1 is 1.08 bits per heavy atom. The van der Waals surface area contributed by atoms with Crippen LogP contribution in [0.3, 0.4) is 0 Å². The Hall–Kier alpha value is -2.18. The average molecular weight is 354 g/mol. The molecule has 0 spiro atoms. The molecule has 0 aliphatic rings. The molecule has 1 atom stereocenters. The number of amides is 1. The minimum Gasteiger partial charge on any atom is -0.357 e. The maximum Gasteiger partial charge on any atom is 0.222 e. The van der Waals surface area contributed by atoms with Crippen molar-refractivity contribution in [3.63, 3.8) is 0 Å². The van der Waals surface area contributed by atoms with E-state index in [2.05, 4.69) is 20.9 Å². The van der Waals surface area contributed by atoms with Gasteiger partial charge in [-0.1, -0.05) is 26.8 Å². The number of aliphatic imine (C=N–C) groups is 1. The summed E-state index contributed by atoms with van der Waals surface area (Å²) in [5.41, 5.74) is 0.697. The van der Waals surface area contributed by atoms with Crippen molar-refractivity contribution in [3.8, 4) is 0 Å². The van der Waals surface area contributed by atoms with E-state index >= 15 is 0 Å². The maximum atomic E-state index is 13.3. The lowest BCUT2D eigenvalue weighted by Crippen LogP contribution is -2.42. The van der Waals surface area contributed by atoms with Gasteiger partial charge >= 0.3 is 0 Å². The summed E-state index contributed by atoms with van der Waals surface area (Å²) >= 11 is 0. The van der Waals surface area contributed by atoms with Crippen LogP contribution >= 0.6 is 0 Å². The minimum atomic E-state index is -0.849. The molecule has 7 heteroatoms. The van der Waals surface area contributed by atoms with Gasteiger partial charge in [0, 0.05) is 38.0 Å². The zero-order valence-electron chi connectivity index (χ0n) is 15.3. The van der Waals surface area contributed by atoms with Crippen molar-refractivity contribution < 1.29 is 13.6 Å². The molecule has 0 bridgehead atoms. The molecule has 1 aromatic rings. The number of nitrogens with one attached hydrogen (secondary N) is 3. The summed E-state index contributed by atoms with van der Waals surface area (Å²) in [4.78, 5) is 16.0. The van der Waals surface area contributed by atoms with Crippen molar-refractivity contribution in [1.29, 1.82) is 0 Å². The van der Waals surface area contributed by atoms with Crippen molar-refractivity contribution in [2.75, 3.05) is 26.2 Å². The lowest BCUT2D eigenvalue weighted by Gasteiger charge is -2.14. The van der Waals surface area contributed by atoms with Gasteiger partial charge in [0.25, 0.3) is 0 Å². The minimum absolute atomic E-state index is 0.00991. The van der Waals surface area contributed by atoms with Crippen LogP contribution in [-0.2, 0) is 4.79 Å². The molecule has 0 saturated heterocycles. The number of hydrogen-bond donors (Lipinski definition) is 3. The number of carbonyl (C=O) groups excluding carboxylic acids is 1. The van der Waals surface area contributed by atoms with Gasteiger partial charge < -0.3 is 16.0 Å². The molecule has 25 heavy (non-hydrogen) atoms. The van der Waals surface area contributed by atoms with E-state index in [4.69, 9.17) is 0 Å². The Kier molecular flexibility index (Phi) is 8.88. The van der Waals surface area contributed by atoms with Crippen LogP contribution in [0.1, 0.15) is 39.2 Å². The molecule has 0 radical (unpaired) electrons. The highest BCUT2D eigenvalue weighted by Gasteiger charge is 2.10. The van der Waals surface area contributed by atoms with Crippen LogP contribution in [0.2, 0.25) is 0 Å². The van der Waals surface area contributed by atoms with Crippen LogP contribution in [0.4, 0.5) is 8.78 Å². The summed E-state index contributed by atoms with van der Waals surface area (Å²) in [7, 11) is 0. The first-order chi connectivity index (χ1) is 11.8. The topological polar surface area (TPSA) is 65.5 Å². The molecule has 1 unspecified atom stereocenters. The van der Waals surface area contributed by atoms with Crippen molar-refractivity contribution in [2.24, 2.45) is 10.9 Å². The predicted octanol–water partition coefficient (Wildman–Crippen LogP) is 2.40. The lowest BCUT2D eigenvalue weighted by atomic mass is 10.0. The molecule has 1 aromatic carbocycles. The molecule has 1 rings (SSSR count). The number of carbonyl (C=O) groups is 1. The molecule has 0 aliphatic carbocycles. The first-order valence-electron chi connectivity index (χ1n) is 8.60. The predicted molar refractivity (Wildman–Crippen MR) is 96.6 cm³/mol. The molecule has 1 amide bonds. The van der Waals surface area contributed by atoms with Crippen LogP contribution in [0.15, 0.2) is 23.2 Å². The number of guanidine groups is 1. The van der Waals surface area contributed by atoms with Gasteiger partial charge in [0.15, 0.2) is 17.6 Å². The molecule has 140 valence electrons. The zero-order chi connectivity index (χ0) is 18.8. The van der Waals surface area contributed by atoms with Gasteiger partial charge in [-0.15, -0.1) is 0 Å². The fourth-order valence-corrected chi connectivity index (χ4v) is 2.07. The zero-order valence-corrected chi connectivity index (χ0v) is 15.3. The first-order valence-corrected chi connectivity index (χ1v) is 8.60. The molecule has 3 N–H and O–H groups in total. The van der Waals surface area contributed by atoms with E-state index in [0.29, 0.717) is 37.7 Å². The number of benzene rings is 1. The SMILES string of the molecule is CCNC(=NCC(C)c1ccc(F)c(F)c1)NCCNC(=O)C(C)C. The van der Waals surface area contributed by atoms with Crippen molar-refractivity contribution >= 4 is 11.9 Å². The van der Waals surface area contributed by atoms with Gasteiger partial charge in [-0.2, -0.15) is 0 Å². The normalized spacial score (nSPS) is 12.8. The van der Waals surface area contributed by atoms with Gasteiger partial charge in [-0.3, -0.25) is 9.79 Å². The number of nitrogens with zero attached hydrogens (tertiary/aromatic N) is 1. The quantitative estimate of drug-likeness (QED) is 0.382. The van der Waals surface area contributed by atoms with Gasteiger partial charge in [0.1, 0.15) is 0 Å². The Morgan fingerprint density at radius 2 is 1.76 bits per heavy atom. The third kappa shape index (κ3) is 7.49. The van der Waals surface area contributed by atoms with E-state index in [-0.39, 0.29) is 17.7 Å². The maximum absolute atomic E-state index is 13.3. The molecule has 0 saturated carbocycles. The highest BCUT2D eigenvalue weighted by Crippen LogP contribution is 2.18. The highest BCUT2D eigenvalue weighted by molar-refractivity contribution is 5.80. The number of halogens is 2. The number of hydrogen-bond acceptors (Lipinski definition) is 2. The second kappa shape index (κ2) is 10.6. The second-order valence-corrected chi connectivity index (χ2v) is 6.17. The molecular formula is C18H28F2N4O. The lowest BCUT2D eigenvalue weighted by molar-refractivity contribution is -0.123. The van der Waals surface area contributed by atoms with Crippen LogP contribution in [0.25, 0.3) is 0 Å². The Balaban J connectivity index is 2.53. The molecular weight excluding hydrogens is 326 g/mol. The monoisotopic (exact) mass is 354 g/mol. The molecule has 0 aliphatic heterocycles. The Bertz CT molecular complexity index is 590. The second-order valence-electron chi connectivity index (χ2n) is 6.17. The van der Waals surface area contributed by atoms with Crippen LogP contribution in [0, 0.1) is 17.6 Å². The third-order valence-electron chi connectivity index (χ3n) is 3.62. The van der Waals surface area contributed by atoms with E-state index in [1.165, 1.54) is 6.07 Å². The molecule has 5 nitrogen and oxygen atoms in total. The third-order valence-corrected chi connectivity index (χ3v) is 3.62. The van der Waals surface area contributed by atoms with Crippen LogP contribution in [0.5, 0.6) is 0 Å². The first kappa shape index (κ1) is 20.9. The fraction of sp³-hybridized carbons (Fsp3) is 0.556. The van der Waals surface area contributed by atoms with Crippen molar-refractivity contribution in [3.05, 3.63) is 35.4 Å². The van der Waals surface area contributed by atoms with E-state index in [1.54, 1.807) is 6.07 Å². The van der Waals surface area contributed by atoms with Gasteiger partial charge in [0.2, 0.25) is 5.91 Å². The summed E-state index contributed by atoms with van der Waals surface area (Å²) in [6, 6.07) is 3.91. The standard InChI is InChI=1S/C18H28F2N4O/c1-5-21-18(23-9-8-22-17(25)12(2)3)24-11-13(4)14-6-7-15(19)16(20)10-14/h6-7,10,12-13H,5,8-9,11H2,1-4H3,(H,22,25)(H2,21,23,24). The summed E-state index contributed by atoms with van der Waals surface area (Å²) in [5.74, 6) is -1.16. The molecule has 0 aromatic heterocycles. The van der Waals surface area contributed by atoms with Crippen LogP contribution < -0.4 is 16.0 Å². The van der Waals surface area contributed by atoms with Crippen LogP contribution in [-0.4, -0.2) is 38.0 Å². The molecule has 0 heterocycles. The van der Waals surface area contributed by atoms with Gasteiger partial charge in [0.05, 0.1) is 0 Å². The highest BCUT2D eigenvalue weighted by atomic mass is 19.2. The van der Waals surface area contributed by atoms with E-state index in [9.17, 15) is 13.6 Å². The van der Waals surface area contributed by atoms with Gasteiger partial charge in [-0.05, 0) is 24.6 Å². The Labute approximate surface area is 148 Å². The number of rotatable bonds is 8. The summed E-state index contributed by atoms with van der Waals surface area (Å²) in [6.07, 6.45) is 0. The fourth-order valence-electron chi connectivity index (χ4n) is 2.07. The van der Waals surface area contributed by atoms with Crippen molar-refractivity contribution in [1.82, 2.24) is 16.0 Å². The smallest absolute Gasteiger partial charge is 0.222 e.